The van der Waals surface area contributed by atoms with E-state index >= 15 is 0 Å². The van der Waals surface area contributed by atoms with Crippen LogP contribution in [-0.2, 0) is 10.0 Å². The minimum atomic E-state index is -3.55. The van der Waals surface area contributed by atoms with Crippen molar-refractivity contribution in [2.45, 2.75) is 31.6 Å². The minimum Gasteiger partial charge on any atom is -0.253 e. The van der Waals surface area contributed by atoms with Crippen molar-refractivity contribution in [3.05, 3.63) is 63.5 Å². The van der Waals surface area contributed by atoms with Gasteiger partial charge in [-0.1, -0.05) is 55.2 Å². The summed E-state index contributed by atoms with van der Waals surface area (Å²) in [4.78, 5) is 4.79. The maximum absolute atomic E-state index is 13.1. The molecule has 0 unspecified atom stereocenters. The average molecular weight is 512 g/mol. The van der Waals surface area contributed by atoms with Gasteiger partial charge >= 0.3 is 0 Å². The summed E-state index contributed by atoms with van der Waals surface area (Å²) in [5.74, 6) is 0. The van der Waals surface area contributed by atoms with Gasteiger partial charge in [0, 0.05) is 34.6 Å². The zero-order valence-corrected chi connectivity index (χ0v) is 20.9. The molecule has 6 nitrogen and oxygen atoms in total. The number of rotatable bonds is 10. The molecule has 0 fully saturated rings. The first kappa shape index (κ1) is 24.7. The molecule has 10 heteroatoms. The summed E-state index contributed by atoms with van der Waals surface area (Å²) in [5, 5.41) is 7.66. The van der Waals surface area contributed by atoms with Crippen molar-refractivity contribution >= 4 is 55.9 Å². The Morgan fingerprint density at radius 3 is 2.56 bits per heavy atom. The van der Waals surface area contributed by atoms with Crippen LogP contribution < -0.4 is 5.43 Å². The summed E-state index contributed by atoms with van der Waals surface area (Å²) < 4.78 is 27.7. The largest absolute Gasteiger partial charge is 0.253 e. The Kier molecular flexibility index (Phi) is 8.67. The number of nitrogens with zero attached hydrogens (tertiary/aromatic N) is 3. The molecule has 0 saturated heterocycles. The van der Waals surface area contributed by atoms with Gasteiger partial charge in [0.2, 0.25) is 15.2 Å². The molecule has 0 atom stereocenters. The Morgan fingerprint density at radius 2 is 1.88 bits per heavy atom. The number of hydrogen-bond donors (Lipinski definition) is 1. The van der Waals surface area contributed by atoms with Crippen LogP contribution in [0, 0.1) is 0 Å². The average Bonchev–Trinajstić information content (AvgIpc) is 3.24. The molecule has 32 heavy (non-hydrogen) atoms. The molecule has 0 aliphatic carbocycles. The van der Waals surface area contributed by atoms with Crippen LogP contribution in [0.3, 0.4) is 0 Å². The van der Waals surface area contributed by atoms with E-state index in [-0.39, 0.29) is 4.90 Å². The molecular formula is C22H24Cl2N4O2S2. The lowest BCUT2D eigenvalue weighted by atomic mass is 10.2. The van der Waals surface area contributed by atoms with Gasteiger partial charge in [-0.2, -0.15) is 9.41 Å². The van der Waals surface area contributed by atoms with Crippen molar-refractivity contribution in [3.8, 4) is 11.3 Å². The fraction of sp³-hybridized carbons (Fsp3) is 0.273. The molecular weight excluding hydrogens is 487 g/mol. The summed E-state index contributed by atoms with van der Waals surface area (Å²) in [6.45, 7) is 4.95. The molecule has 3 aromatic rings. The van der Waals surface area contributed by atoms with Gasteiger partial charge in [-0.05, 0) is 37.1 Å². The highest BCUT2D eigenvalue weighted by atomic mass is 35.5. The molecule has 0 bridgehead atoms. The summed E-state index contributed by atoms with van der Waals surface area (Å²) >= 11 is 13.4. The van der Waals surface area contributed by atoms with Crippen molar-refractivity contribution in [1.82, 2.24) is 9.29 Å². The monoisotopic (exact) mass is 510 g/mol. The van der Waals surface area contributed by atoms with Crippen LogP contribution in [0.5, 0.6) is 0 Å². The van der Waals surface area contributed by atoms with Gasteiger partial charge in [-0.3, -0.25) is 5.43 Å². The number of nitrogens with one attached hydrogen (secondary N) is 1. The van der Waals surface area contributed by atoms with E-state index in [1.807, 2.05) is 25.3 Å². The SMILES string of the molecule is CCCN(CCC)S(=O)(=O)c1cccc(-c2csc(NN=Cc3ccc(Cl)cc3Cl)n2)c1. The van der Waals surface area contributed by atoms with E-state index < -0.39 is 10.0 Å². The highest BCUT2D eigenvalue weighted by Crippen LogP contribution is 2.28. The number of hydrogen-bond acceptors (Lipinski definition) is 6. The molecule has 2 aromatic carbocycles. The Morgan fingerprint density at radius 1 is 1.12 bits per heavy atom. The number of aromatic nitrogens is 1. The molecule has 0 saturated carbocycles. The van der Waals surface area contributed by atoms with Gasteiger partial charge in [-0.15, -0.1) is 11.3 Å². The molecule has 0 radical (unpaired) electrons. The fourth-order valence-corrected chi connectivity index (χ4v) is 5.83. The first-order chi connectivity index (χ1) is 15.3. The number of sulfonamides is 1. The van der Waals surface area contributed by atoms with E-state index in [0.29, 0.717) is 34.0 Å². The van der Waals surface area contributed by atoms with Crippen LogP contribution in [0.1, 0.15) is 32.3 Å². The van der Waals surface area contributed by atoms with Crippen LogP contribution in [0.2, 0.25) is 10.0 Å². The van der Waals surface area contributed by atoms with Gasteiger partial charge in [0.15, 0.2) is 0 Å². The molecule has 3 rings (SSSR count). The second kappa shape index (κ2) is 11.2. The van der Waals surface area contributed by atoms with Crippen molar-refractivity contribution < 1.29 is 8.42 Å². The Hall–Kier alpha value is -1.97. The maximum atomic E-state index is 13.1. The standard InChI is InChI=1S/C22H24Cl2N4O2S2/c1-3-10-28(11-4-2)32(29,30)19-7-5-6-16(12-19)21-15-31-22(26-21)27-25-14-17-8-9-18(23)13-20(17)24/h5-9,12-15H,3-4,10-11H2,1-2H3,(H,26,27). The predicted octanol–water partition coefficient (Wildman–Crippen LogP) is 6.37. The first-order valence-corrected chi connectivity index (χ1v) is 13.2. The molecule has 0 aliphatic heterocycles. The van der Waals surface area contributed by atoms with Gasteiger partial charge in [-0.25, -0.2) is 13.4 Å². The number of anilines is 1. The lowest BCUT2D eigenvalue weighted by molar-refractivity contribution is 0.410. The zero-order chi connectivity index (χ0) is 23.1. The number of halogens is 2. The van der Waals surface area contributed by atoms with Gasteiger partial charge < -0.3 is 0 Å². The third-order valence-corrected chi connectivity index (χ3v) is 7.75. The topological polar surface area (TPSA) is 74.7 Å². The Labute approximate surface area is 203 Å². The third kappa shape index (κ3) is 6.08. The predicted molar refractivity (Wildman–Crippen MR) is 135 cm³/mol. The van der Waals surface area contributed by atoms with E-state index in [1.54, 1.807) is 42.6 Å². The summed E-state index contributed by atoms with van der Waals surface area (Å²) in [7, 11) is -3.55. The molecule has 1 aromatic heterocycles. The van der Waals surface area contributed by atoms with Gasteiger partial charge in [0.1, 0.15) is 0 Å². The van der Waals surface area contributed by atoms with Crippen LogP contribution in [0.15, 0.2) is 57.8 Å². The quantitative estimate of drug-likeness (QED) is 0.253. The minimum absolute atomic E-state index is 0.273. The highest BCUT2D eigenvalue weighted by Gasteiger charge is 2.23. The lowest BCUT2D eigenvalue weighted by Gasteiger charge is -2.21. The van der Waals surface area contributed by atoms with Gasteiger partial charge in [0.25, 0.3) is 0 Å². The van der Waals surface area contributed by atoms with Crippen LogP contribution in [0.25, 0.3) is 11.3 Å². The second-order valence-electron chi connectivity index (χ2n) is 7.01. The van der Waals surface area contributed by atoms with Crippen molar-refractivity contribution in [3.63, 3.8) is 0 Å². The first-order valence-electron chi connectivity index (χ1n) is 10.2. The van der Waals surface area contributed by atoms with E-state index in [2.05, 4.69) is 15.5 Å². The summed E-state index contributed by atoms with van der Waals surface area (Å²) in [5.41, 5.74) is 5.01. The van der Waals surface area contributed by atoms with Crippen molar-refractivity contribution in [2.75, 3.05) is 18.5 Å². The Bertz CT molecular complexity index is 1190. The normalized spacial score (nSPS) is 12.0. The molecule has 0 amide bonds. The maximum Gasteiger partial charge on any atom is 0.243 e. The third-order valence-electron chi connectivity index (χ3n) is 4.54. The van der Waals surface area contributed by atoms with E-state index in [0.717, 1.165) is 24.0 Å². The van der Waals surface area contributed by atoms with Gasteiger partial charge in [0.05, 0.1) is 21.8 Å². The van der Waals surface area contributed by atoms with E-state index in [9.17, 15) is 8.42 Å². The van der Waals surface area contributed by atoms with Crippen molar-refractivity contribution in [1.29, 1.82) is 0 Å². The molecule has 0 aliphatic rings. The van der Waals surface area contributed by atoms with E-state index in [4.69, 9.17) is 23.2 Å². The van der Waals surface area contributed by atoms with Crippen molar-refractivity contribution in [2.24, 2.45) is 5.10 Å². The molecule has 1 heterocycles. The zero-order valence-electron chi connectivity index (χ0n) is 17.8. The van der Waals surface area contributed by atoms with Crippen LogP contribution in [-0.4, -0.2) is 37.0 Å². The summed E-state index contributed by atoms with van der Waals surface area (Å²) in [6.07, 6.45) is 3.12. The molecule has 170 valence electrons. The number of thiazole rings is 1. The highest BCUT2D eigenvalue weighted by molar-refractivity contribution is 7.89. The number of hydrazone groups is 1. The van der Waals surface area contributed by atoms with E-state index in [1.165, 1.54) is 15.6 Å². The smallest absolute Gasteiger partial charge is 0.243 e. The lowest BCUT2D eigenvalue weighted by Crippen LogP contribution is -2.32. The molecule has 1 N–H and O–H groups in total. The summed E-state index contributed by atoms with van der Waals surface area (Å²) in [6, 6.07) is 12.0. The molecule has 0 spiro atoms. The van der Waals surface area contributed by atoms with Crippen LogP contribution >= 0.6 is 34.5 Å². The Balaban J connectivity index is 1.77. The second-order valence-corrected chi connectivity index (χ2v) is 10.6. The number of benzene rings is 2. The van der Waals surface area contributed by atoms with Crippen LogP contribution in [0.4, 0.5) is 5.13 Å². The fourth-order valence-electron chi connectivity index (χ4n) is 3.04.